The molecule has 0 spiro atoms. The largest absolute Gasteiger partial charge is 0.378 e. The number of halogens is 1. The molecule has 24 heavy (non-hydrogen) atoms. The normalized spacial score (nSPS) is 11.2. The molecule has 3 rings (SSSR count). The quantitative estimate of drug-likeness (QED) is 0.489. The molecule has 0 radical (unpaired) electrons. The first-order chi connectivity index (χ1) is 11.5. The van der Waals surface area contributed by atoms with Crippen LogP contribution < -0.4 is 10.2 Å². The molecule has 0 atom stereocenters. The summed E-state index contributed by atoms with van der Waals surface area (Å²) in [5.74, 6) is 0.778. The van der Waals surface area contributed by atoms with Crippen LogP contribution in [0.25, 0.3) is 11.2 Å². The molecule has 126 valence electrons. The average molecular weight is 436 g/mol. The van der Waals surface area contributed by atoms with Gasteiger partial charge in [0.15, 0.2) is 20.8 Å². The zero-order valence-corrected chi connectivity index (χ0v) is 16.4. The van der Waals surface area contributed by atoms with Crippen LogP contribution in [0.5, 0.6) is 0 Å². The van der Waals surface area contributed by atoms with Gasteiger partial charge < -0.3 is 14.8 Å². The molecule has 6 nitrogen and oxygen atoms in total. The van der Waals surface area contributed by atoms with Crippen molar-refractivity contribution in [2.75, 3.05) is 24.3 Å². The van der Waals surface area contributed by atoms with E-state index in [2.05, 4.69) is 90.4 Å². The van der Waals surface area contributed by atoms with Gasteiger partial charge in [-0.25, -0.2) is 15.0 Å². The van der Waals surface area contributed by atoms with Crippen molar-refractivity contribution in [3.05, 3.63) is 40.0 Å². The Labute approximate surface area is 155 Å². The zero-order valence-electron chi connectivity index (χ0n) is 14.3. The van der Waals surface area contributed by atoms with Crippen LogP contribution >= 0.6 is 22.6 Å². The minimum absolute atomic E-state index is 0.312. The Morgan fingerprint density at radius 1 is 1.17 bits per heavy atom. The van der Waals surface area contributed by atoms with Gasteiger partial charge in [0.05, 0.1) is 6.33 Å². The molecule has 0 unspecified atom stereocenters. The lowest BCUT2D eigenvalue weighted by Gasteiger charge is -2.13. The molecular weight excluding hydrogens is 415 g/mol. The van der Waals surface area contributed by atoms with Gasteiger partial charge in [0, 0.05) is 55.0 Å². The smallest absolute Gasteiger partial charge is 0.194 e. The monoisotopic (exact) mass is 436 g/mol. The fourth-order valence-corrected chi connectivity index (χ4v) is 2.96. The maximum absolute atomic E-state index is 4.53. The second kappa shape index (κ2) is 6.92. The molecule has 0 bridgehead atoms. The maximum Gasteiger partial charge on any atom is 0.194 e. The summed E-state index contributed by atoms with van der Waals surface area (Å²) in [6.45, 7) is 4.94. The van der Waals surface area contributed by atoms with Crippen LogP contribution in [0.3, 0.4) is 0 Å². The highest BCUT2D eigenvalue weighted by atomic mass is 127. The topological polar surface area (TPSA) is 58.9 Å². The van der Waals surface area contributed by atoms with Gasteiger partial charge in [-0.3, -0.25) is 0 Å². The Bertz CT molecular complexity index is 838. The van der Waals surface area contributed by atoms with Crippen LogP contribution in [0.4, 0.5) is 11.5 Å². The summed E-state index contributed by atoms with van der Waals surface area (Å²) in [5.41, 5.74) is 4.07. The first-order valence-corrected chi connectivity index (χ1v) is 8.94. The van der Waals surface area contributed by atoms with Crippen LogP contribution in [0.1, 0.15) is 25.5 Å². The molecule has 2 aromatic heterocycles. The van der Waals surface area contributed by atoms with E-state index in [9.17, 15) is 0 Å². The first-order valence-electron chi connectivity index (χ1n) is 7.86. The number of rotatable bonds is 5. The third kappa shape index (κ3) is 3.45. The minimum atomic E-state index is 0.312. The summed E-state index contributed by atoms with van der Waals surface area (Å²) in [7, 11) is 4.08. The van der Waals surface area contributed by atoms with Gasteiger partial charge in [0.1, 0.15) is 0 Å². The fourth-order valence-electron chi connectivity index (χ4n) is 2.49. The van der Waals surface area contributed by atoms with Gasteiger partial charge in [0.2, 0.25) is 0 Å². The number of hydrogen-bond acceptors (Lipinski definition) is 5. The molecule has 7 heteroatoms. The van der Waals surface area contributed by atoms with E-state index in [1.165, 1.54) is 11.3 Å². The summed E-state index contributed by atoms with van der Waals surface area (Å²) in [5, 5.41) is 3.40. The fraction of sp³-hybridized carbons (Fsp3) is 0.353. The van der Waals surface area contributed by atoms with Gasteiger partial charge in [-0.05, 0) is 31.5 Å². The van der Waals surface area contributed by atoms with E-state index >= 15 is 0 Å². The van der Waals surface area contributed by atoms with E-state index in [-0.39, 0.29) is 0 Å². The van der Waals surface area contributed by atoms with Crippen LogP contribution in [0.2, 0.25) is 0 Å². The number of benzene rings is 1. The number of nitrogens with zero attached hydrogens (tertiary/aromatic N) is 5. The van der Waals surface area contributed by atoms with E-state index in [1.807, 2.05) is 20.4 Å². The molecule has 0 aliphatic rings. The van der Waals surface area contributed by atoms with E-state index < -0.39 is 0 Å². The van der Waals surface area contributed by atoms with Crippen molar-refractivity contribution in [3.8, 4) is 0 Å². The second-order valence-electron chi connectivity index (χ2n) is 6.17. The first kappa shape index (κ1) is 16.9. The number of nitrogens with one attached hydrogen (secondary N) is 1. The van der Waals surface area contributed by atoms with Crippen molar-refractivity contribution in [2.45, 2.75) is 26.4 Å². The minimum Gasteiger partial charge on any atom is -0.378 e. The van der Waals surface area contributed by atoms with E-state index in [4.69, 9.17) is 0 Å². The predicted octanol–water partition coefficient (Wildman–Crippen LogP) is 3.69. The number of aromatic nitrogens is 4. The van der Waals surface area contributed by atoms with Crippen LogP contribution in [0, 0.1) is 3.83 Å². The molecule has 1 N–H and O–H groups in total. The molecule has 3 aromatic rings. The highest BCUT2D eigenvalue weighted by Crippen LogP contribution is 2.23. The Hall–Kier alpha value is -1.90. The molecule has 0 fully saturated rings. The second-order valence-corrected chi connectivity index (χ2v) is 7.14. The van der Waals surface area contributed by atoms with E-state index in [0.29, 0.717) is 16.4 Å². The van der Waals surface area contributed by atoms with Crippen LogP contribution in [-0.2, 0) is 6.54 Å². The van der Waals surface area contributed by atoms with Gasteiger partial charge in [-0.2, -0.15) is 0 Å². The molecule has 1 aromatic carbocycles. The molecule has 0 aliphatic heterocycles. The third-order valence-electron chi connectivity index (χ3n) is 3.86. The molecule has 0 aliphatic carbocycles. The van der Waals surface area contributed by atoms with E-state index in [1.54, 1.807) is 0 Å². The van der Waals surface area contributed by atoms with Gasteiger partial charge >= 0.3 is 0 Å². The van der Waals surface area contributed by atoms with Crippen LogP contribution in [-0.4, -0.2) is 33.6 Å². The summed E-state index contributed by atoms with van der Waals surface area (Å²) < 4.78 is 2.78. The zero-order chi connectivity index (χ0) is 17.3. The average Bonchev–Trinajstić information content (AvgIpc) is 2.96. The number of imidazole rings is 1. The van der Waals surface area contributed by atoms with Crippen molar-refractivity contribution in [1.82, 2.24) is 19.5 Å². The lowest BCUT2D eigenvalue weighted by atomic mass is 10.2. The summed E-state index contributed by atoms with van der Waals surface area (Å²) >= 11 is 2.15. The van der Waals surface area contributed by atoms with Gasteiger partial charge in [-0.15, -0.1) is 0 Å². The Kier molecular flexibility index (Phi) is 4.88. The summed E-state index contributed by atoms with van der Waals surface area (Å²) in [6, 6.07) is 8.79. The molecule has 0 saturated heterocycles. The van der Waals surface area contributed by atoms with Crippen molar-refractivity contribution in [1.29, 1.82) is 0 Å². The van der Waals surface area contributed by atoms with Crippen molar-refractivity contribution in [2.24, 2.45) is 0 Å². The number of anilines is 2. The highest BCUT2D eigenvalue weighted by molar-refractivity contribution is 14.1. The maximum atomic E-state index is 4.53. The number of fused-ring (bicyclic) bond motifs is 1. The van der Waals surface area contributed by atoms with Crippen molar-refractivity contribution >= 4 is 45.3 Å². The molecule has 0 amide bonds. The lowest BCUT2D eigenvalue weighted by Crippen LogP contribution is -2.09. The molecule has 0 saturated carbocycles. The van der Waals surface area contributed by atoms with E-state index in [0.717, 1.165) is 17.0 Å². The van der Waals surface area contributed by atoms with Crippen molar-refractivity contribution in [3.63, 3.8) is 0 Å². The predicted molar refractivity (Wildman–Crippen MR) is 107 cm³/mol. The molecular formula is C17H21IN6. The Morgan fingerprint density at radius 2 is 1.88 bits per heavy atom. The standard InChI is InChI=1S/C17H21IN6/c1-11(2)24-10-20-14-15(21-17(18)22-16(14)24)19-9-12-5-7-13(8-6-12)23(3)4/h5-8,10-11H,9H2,1-4H3,(H,19,21,22). The lowest BCUT2D eigenvalue weighted by molar-refractivity contribution is 0.612. The van der Waals surface area contributed by atoms with Gasteiger partial charge in [-0.1, -0.05) is 12.1 Å². The highest BCUT2D eigenvalue weighted by Gasteiger charge is 2.13. The van der Waals surface area contributed by atoms with Crippen LogP contribution in [0.15, 0.2) is 30.6 Å². The SMILES string of the molecule is CC(C)n1cnc2c(NCc3ccc(N(C)C)cc3)nc(I)nc21. The Morgan fingerprint density at radius 3 is 2.50 bits per heavy atom. The summed E-state index contributed by atoms with van der Waals surface area (Å²) in [6.07, 6.45) is 1.83. The Balaban J connectivity index is 1.84. The molecule has 2 heterocycles. The number of hydrogen-bond donors (Lipinski definition) is 1. The third-order valence-corrected chi connectivity index (χ3v) is 4.35. The van der Waals surface area contributed by atoms with Gasteiger partial charge in [0.25, 0.3) is 0 Å². The van der Waals surface area contributed by atoms with Crippen molar-refractivity contribution < 1.29 is 0 Å². The summed E-state index contributed by atoms with van der Waals surface area (Å²) in [4.78, 5) is 15.6.